The number of carbonyl (C=O) groups excluding carboxylic acids is 1. The van der Waals surface area contributed by atoms with E-state index in [0.717, 1.165) is 12.8 Å². The summed E-state index contributed by atoms with van der Waals surface area (Å²) in [5.74, 6) is 1.21. The molecule has 32 heavy (non-hydrogen) atoms. The maximum atomic E-state index is 13.0. The van der Waals surface area contributed by atoms with E-state index in [1.807, 2.05) is 0 Å². The van der Waals surface area contributed by atoms with E-state index in [9.17, 15) is 14.0 Å². The SMILES string of the molecule is C[C@@H]1[C@H](C)CCC[C@H]1NC(=O)COc1ccc2c(=O)c(Oc3ccc(F)cc3)coc2c1. The summed E-state index contributed by atoms with van der Waals surface area (Å²) in [6.07, 6.45) is 4.51. The van der Waals surface area contributed by atoms with Gasteiger partial charge in [0.1, 0.15) is 29.2 Å². The Morgan fingerprint density at radius 2 is 1.88 bits per heavy atom. The van der Waals surface area contributed by atoms with Gasteiger partial charge in [-0.1, -0.05) is 26.7 Å². The third-order valence-corrected chi connectivity index (χ3v) is 6.18. The van der Waals surface area contributed by atoms with Gasteiger partial charge in [0.2, 0.25) is 11.2 Å². The molecule has 0 spiro atoms. The highest BCUT2D eigenvalue weighted by Crippen LogP contribution is 2.29. The molecule has 1 aliphatic rings. The molecule has 1 N–H and O–H groups in total. The zero-order valence-electron chi connectivity index (χ0n) is 18.1. The first kappa shape index (κ1) is 21.9. The van der Waals surface area contributed by atoms with Crippen LogP contribution in [0, 0.1) is 17.7 Å². The molecule has 1 saturated carbocycles. The Morgan fingerprint density at radius 3 is 2.66 bits per heavy atom. The van der Waals surface area contributed by atoms with Gasteiger partial charge in [0.05, 0.1) is 5.39 Å². The Hall–Kier alpha value is -3.35. The molecule has 6 nitrogen and oxygen atoms in total. The monoisotopic (exact) mass is 439 g/mol. The first-order valence-electron chi connectivity index (χ1n) is 10.8. The van der Waals surface area contributed by atoms with Crippen molar-refractivity contribution in [2.75, 3.05) is 6.61 Å². The van der Waals surface area contributed by atoms with E-state index in [1.165, 1.54) is 36.9 Å². The Bertz CT molecular complexity index is 1160. The number of ether oxygens (including phenoxy) is 2. The molecule has 0 radical (unpaired) electrons. The van der Waals surface area contributed by atoms with Crippen LogP contribution in [0.15, 0.2) is 57.9 Å². The number of hydrogen-bond acceptors (Lipinski definition) is 5. The highest BCUT2D eigenvalue weighted by Gasteiger charge is 2.28. The standard InChI is InChI=1S/C25H26FNO5/c1-15-4-3-5-21(16(15)2)27-24(28)14-30-19-10-11-20-22(12-19)31-13-23(25(20)29)32-18-8-6-17(26)7-9-18/h6-13,15-16,21H,3-5,14H2,1-2H3,(H,27,28)/t15-,16-,21-/m1/s1. The molecule has 7 heteroatoms. The lowest BCUT2D eigenvalue weighted by atomic mass is 9.78. The topological polar surface area (TPSA) is 77.8 Å². The number of halogens is 1. The fraction of sp³-hybridized carbons (Fsp3) is 0.360. The Kier molecular flexibility index (Phi) is 6.44. The largest absolute Gasteiger partial charge is 0.484 e. The highest BCUT2D eigenvalue weighted by molar-refractivity contribution is 5.80. The van der Waals surface area contributed by atoms with Gasteiger partial charge in [-0.3, -0.25) is 9.59 Å². The lowest BCUT2D eigenvalue weighted by Crippen LogP contribution is -2.45. The molecule has 1 amide bonds. The fourth-order valence-electron chi connectivity index (χ4n) is 4.06. The zero-order chi connectivity index (χ0) is 22.7. The van der Waals surface area contributed by atoms with Crippen molar-refractivity contribution in [3.63, 3.8) is 0 Å². The molecule has 4 rings (SSSR count). The normalized spacial score (nSPS) is 20.7. The van der Waals surface area contributed by atoms with Crippen LogP contribution in [0.1, 0.15) is 33.1 Å². The maximum Gasteiger partial charge on any atom is 0.258 e. The van der Waals surface area contributed by atoms with E-state index in [2.05, 4.69) is 19.2 Å². The van der Waals surface area contributed by atoms with E-state index in [0.29, 0.717) is 34.3 Å². The molecule has 0 aliphatic heterocycles. The van der Waals surface area contributed by atoms with Crippen LogP contribution in [0.5, 0.6) is 17.2 Å². The van der Waals surface area contributed by atoms with Crippen molar-refractivity contribution in [2.24, 2.45) is 11.8 Å². The van der Waals surface area contributed by atoms with Crippen LogP contribution in [-0.4, -0.2) is 18.6 Å². The molecule has 3 atom stereocenters. The third kappa shape index (κ3) is 4.93. The van der Waals surface area contributed by atoms with Crippen molar-refractivity contribution in [3.8, 4) is 17.2 Å². The molecule has 3 aromatic rings. The molecular formula is C25H26FNO5. The number of rotatable bonds is 6. The number of carbonyl (C=O) groups is 1. The predicted molar refractivity (Wildman–Crippen MR) is 119 cm³/mol. The average molecular weight is 439 g/mol. The van der Waals surface area contributed by atoms with Crippen LogP contribution in [0.4, 0.5) is 4.39 Å². The second-order valence-electron chi connectivity index (χ2n) is 8.37. The van der Waals surface area contributed by atoms with E-state index in [1.54, 1.807) is 18.2 Å². The van der Waals surface area contributed by atoms with E-state index in [-0.39, 0.29) is 29.7 Å². The number of hydrogen-bond donors (Lipinski definition) is 1. The Morgan fingerprint density at radius 1 is 1.12 bits per heavy atom. The van der Waals surface area contributed by atoms with E-state index < -0.39 is 5.82 Å². The summed E-state index contributed by atoms with van der Waals surface area (Å²) in [7, 11) is 0. The van der Waals surface area contributed by atoms with Crippen molar-refractivity contribution in [1.29, 1.82) is 0 Å². The Labute approximate surface area is 185 Å². The smallest absolute Gasteiger partial charge is 0.258 e. The summed E-state index contributed by atoms with van der Waals surface area (Å²) in [6.45, 7) is 4.28. The first-order valence-corrected chi connectivity index (χ1v) is 10.8. The van der Waals surface area contributed by atoms with E-state index >= 15 is 0 Å². The summed E-state index contributed by atoms with van der Waals surface area (Å²) in [6, 6.07) is 10.3. The molecule has 2 aromatic carbocycles. The van der Waals surface area contributed by atoms with Crippen molar-refractivity contribution in [2.45, 2.75) is 39.2 Å². The first-order chi connectivity index (χ1) is 15.4. The minimum Gasteiger partial charge on any atom is -0.484 e. The minimum atomic E-state index is -0.396. The van der Waals surface area contributed by atoms with Crippen LogP contribution in [0.3, 0.4) is 0 Å². The second-order valence-corrected chi connectivity index (χ2v) is 8.37. The van der Waals surface area contributed by atoms with Gasteiger partial charge in [0.25, 0.3) is 5.91 Å². The van der Waals surface area contributed by atoms with Crippen molar-refractivity contribution in [1.82, 2.24) is 5.32 Å². The molecule has 1 heterocycles. The van der Waals surface area contributed by atoms with Gasteiger partial charge in [-0.2, -0.15) is 0 Å². The summed E-state index contributed by atoms with van der Waals surface area (Å²) in [5.41, 5.74) is -0.0469. The van der Waals surface area contributed by atoms with Gasteiger partial charge >= 0.3 is 0 Å². The molecule has 1 fully saturated rings. The predicted octanol–water partition coefficient (Wildman–Crippen LogP) is 5.04. The van der Waals surface area contributed by atoms with Crippen LogP contribution in [0.2, 0.25) is 0 Å². The minimum absolute atomic E-state index is 0.00650. The lowest BCUT2D eigenvalue weighted by Gasteiger charge is -2.34. The molecule has 0 bridgehead atoms. The molecule has 0 unspecified atom stereocenters. The quantitative estimate of drug-likeness (QED) is 0.582. The van der Waals surface area contributed by atoms with Crippen molar-refractivity contribution in [3.05, 3.63) is 64.8 Å². The molecule has 1 aromatic heterocycles. The summed E-state index contributed by atoms with van der Waals surface area (Å²) in [4.78, 5) is 25.0. The van der Waals surface area contributed by atoms with Crippen LogP contribution >= 0.6 is 0 Å². The number of amides is 1. The third-order valence-electron chi connectivity index (χ3n) is 6.18. The number of benzene rings is 2. The van der Waals surface area contributed by atoms with E-state index in [4.69, 9.17) is 13.9 Å². The van der Waals surface area contributed by atoms with Gasteiger partial charge in [0, 0.05) is 12.1 Å². The Balaban J connectivity index is 1.40. The second kappa shape index (κ2) is 9.42. The summed E-state index contributed by atoms with van der Waals surface area (Å²) >= 11 is 0. The highest BCUT2D eigenvalue weighted by atomic mass is 19.1. The van der Waals surface area contributed by atoms with Gasteiger partial charge < -0.3 is 19.2 Å². The van der Waals surface area contributed by atoms with Gasteiger partial charge in [-0.15, -0.1) is 0 Å². The summed E-state index contributed by atoms with van der Waals surface area (Å²) < 4.78 is 29.7. The average Bonchev–Trinajstić information content (AvgIpc) is 2.79. The van der Waals surface area contributed by atoms with Crippen molar-refractivity contribution < 1.29 is 23.1 Å². The van der Waals surface area contributed by atoms with Gasteiger partial charge in [-0.05, 0) is 54.7 Å². The molecule has 1 aliphatic carbocycles. The molecule has 168 valence electrons. The van der Waals surface area contributed by atoms with Crippen LogP contribution in [0.25, 0.3) is 11.0 Å². The number of nitrogens with one attached hydrogen (secondary N) is 1. The lowest BCUT2D eigenvalue weighted by molar-refractivity contribution is -0.124. The molecule has 0 saturated heterocycles. The van der Waals surface area contributed by atoms with Crippen LogP contribution < -0.4 is 20.2 Å². The summed E-state index contributed by atoms with van der Waals surface area (Å²) in [5, 5.41) is 3.38. The van der Waals surface area contributed by atoms with Gasteiger partial charge in [0.15, 0.2) is 6.61 Å². The van der Waals surface area contributed by atoms with Crippen LogP contribution in [-0.2, 0) is 4.79 Å². The zero-order valence-corrected chi connectivity index (χ0v) is 18.1. The van der Waals surface area contributed by atoms with Gasteiger partial charge in [-0.25, -0.2) is 4.39 Å². The molecular weight excluding hydrogens is 413 g/mol. The fourth-order valence-corrected chi connectivity index (χ4v) is 4.06. The number of fused-ring (bicyclic) bond motifs is 1. The maximum absolute atomic E-state index is 13.0. The van der Waals surface area contributed by atoms with Crippen molar-refractivity contribution >= 4 is 16.9 Å².